The highest BCUT2D eigenvalue weighted by Crippen LogP contribution is 2.46. The van der Waals surface area contributed by atoms with Gasteiger partial charge in [0.05, 0.1) is 12.5 Å². The van der Waals surface area contributed by atoms with Crippen molar-refractivity contribution >= 4 is 11.7 Å². The summed E-state index contributed by atoms with van der Waals surface area (Å²) >= 11 is 0. The highest BCUT2D eigenvalue weighted by Gasteiger charge is 2.50. The molecule has 0 saturated heterocycles. The Bertz CT molecular complexity index is 426. The van der Waals surface area contributed by atoms with Crippen LogP contribution in [0.2, 0.25) is 0 Å². The van der Waals surface area contributed by atoms with Gasteiger partial charge < -0.3 is 14.7 Å². The smallest absolute Gasteiger partial charge is 0.311 e. The predicted octanol–water partition coefficient (Wildman–Crippen LogP) is 2.00. The topological polar surface area (TPSA) is 49.8 Å². The van der Waals surface area contributed by atoms with Crippen LogP contribution in [-0.2, 0) is 4.79 Å². The fraction of sp³-hybridized carbons (Fsp3) is 0.462. The number of anilines is 1. The Morgan fingerprint density at radius 1 is 1.53 bits per heavy atom. The first-order valence-electron chi connectivity index (χ1n) is 5.66. The maximum absolute atomic E-state index is 11.1. The average Bonchev–Trinajstić information content (AvgIpc) is 3.10. The molecule has 4 heteroatoms. The highest BCUT2D eigenvalue weighted by atomic mass is 16.5. The van der Waals surface area contributed by atoms with Crippen molar-refractivity contribution in [1.29, 1.82) is 0 Å². The lowest BCUT2D eigenvalue weighted by atomic mass is 10.1. The second kappa shape index (κ2) is 4.28. The van der Waals surface area contributed by atoms with Gasteiger partial charge >= 0.3 is 5.97 Å². The van der Waals surface area contributed by atoms with Gasteiger partial charge in [-0.25, -0.2) is 0 Å². The Labute approximate surface area is 101 Å². The van der Waals surface area contributed by atoms with E-state index in [1.165, 1.54) is 0 Å². The van der Waals surface area contributed by atoms with Crippen LogP contribution in [0.3, 0.4) is 0 Å². The Morgan fingerprint density at radius 3 is 2.76 bits per heavy atom. The van der Waals surface area contributed by atoms with Gasteiger partial charge in [-0.05, 0) is 25.0 Å². The van der Waals surface area contributed by atoms with Crippen molar-refractivity contribution in [3.05, 3.63) is 24.3 Å². The second-order valence-electron chi connectivity index (χ2n) is 4.64. The number of rotatable bonds is 5. The zero-order chi connectivity index (χ0) is 12.5. The van der Waals surface area contributed by atoms with E-state index in [2.05, 4.69) is 0 Å². The molecule has 2 rings (SSSR count). The molecule has 1 N–H and O–H groups in total. The standard InChI is InChI=1S/C13H17NO3/c1-14(9-13(6-7-13)12(15)16)10-4-3-5-11(8-10)17-2/h3-5,8H,6-7,9H2,1-2H3,(H,15,16). The normalized spacial score (nSPS) is 16.4. The van der Waals surface area contributed by atoms with Crippen molar-refractivity contribution in [3.8, 4) is 5.75 Å². The third-order valence-corrected chi connectivity index (χ3v) is 3.34. The van der Waals surface area contributed by atoms with Crippen LogP contribution in [0, 0.1) is 5.41 Å². The Hall–Kier alpha value is -1.71. The van der Waals surface area contributed by atoms with Crippen molar-refractivity contribution in [2.75, 3.05) is 25.6 Å². The minimum atomic E-state index is -0.688. The van der Waals surface area contributed by atoms with Crippen molar-refractivity contribution in [2.45, 2.75) is 12.8 Å². The molecule has 92 valence electrons. The van der Waals surface area contributed by atoms with E-state index in [0.717, 1.165) is 24.3 Å². The first-order valence-corrected chi connectivity index (χ1v) is 5.66. The van der Waals surface area contributed by atoms with E-state index in [4.69, 9.17) is 9.84 Å². The first kappa shape index (κ1) is 11.8. The lowest BCUT2D eigenvalue weighted by Gasteiger charge is -2.23. The number of aliphatic carboxylic acids is 1. The molecule has 17 heavy (non-hydrogen) atoms. The molecule has 0 spiro atoms. The van der Waals surface area contributed by atoms with Gasteiger partial charge in [-0.2, -0.15) is 0 Å². The lowest BCUT2D eigenvalue weighted by molar-refractivity contribution is -0.142. The molecule has 1 saturated carbocycles. The second-order valence-corrected chi connectivity index (χ2v) is 4.64. The molecular formula is C13H17NO3. The monoisotopic (exact) mass is 235 g/mol. The number of hydrogen-bond donors (Lipinski definition) is 1. The molecule has 0 radical (unpaired) electrons. The number of carbonyl (C=O) groups is 1. The summed E-state index contributed by atoms with van der Waals surface area (Å²) < 4.78 is 5.16. The summed E-state index contributed by atoms with van der Waals surface area (Å²) in [5.74, 6) is 0.0989. The van der Waals surface area contributed by atoms with Gasteiger partial charge in [0.1, 0.15) is 5.75 Å². The van der Waals surface area contributed by atoms with Gasteiger partial charge in [-0.3, -0.25) is 4.79 Å². The van der Waals surface area contributed by atoms with Gasteiger partial charge in [-0.15, -0.1) is 0 Å². The molecule has 1 aromatic carbocycles. The number of carboxylic acid groups (broad SMARTS) is 1. The summed E-state index contributed by atoms with van der Waals surface area (Å²) in [7, 11) is 3.54. The van der Waals surface area contributed by atoms with Gasteiger partial charge in [-0.1, -0.05) is 6.07 Å². The van der Waals surface area contributed by atoms with Crippen molar-refractivity contribution in [3.63, 3.8) is 0 Å². The molecule has 1 aliphatic carbocycles. The third-order valence-electron chi connectivity index (χ3n) is 3.34. The molecule has 1 aliphatic rings. The van der Waals surface area contributed by atoms with Gasteiger partial charge in [0.15, 0.2) is 0 Å². The van der Waals surface area contributed by atoms with Crippen LogP contribution in [0.4, 0.5) is 5.69 Å². The third kappa shape index (κ3) is 2.35. The van der Waals surface area contributed by atoms with Crippen molar-refractivity contribution in [1.82, 2.24) is 0 Å². The van der Waals surface area contributed by atoms with Crippen LogP contribution in [0.15, 0.2) is 24.3 Å². The van der Waals surface area contributed by atoms with E-state index in [-0.39, 0.29) is 0 Å². The molecular weight excluding hydrogens is 218 g/mol. The van der Waals surface area contributed by atoms with Crippen LogP contribution in [-0.4, -0.2) is 31.8 Å². The van der Waals surface area contributed by atoms with Crippen LogP contribution < -0.4 is 9.64 Å². The van der Waals surface area contributed by atoms with Crippen LogP contribution in [0.5, 0.6) is 5.75 Å². The molecule has 0 aliphatic heterocycles. The molecule has 0 heterocycles. The van der Waals surface area contributed by atoms with Crippen LogP contribution in [0.1, 0.15) is 12.8 Å². The van der Waals surface area contributed by atoms with E-state index in [9.17, 15) is 4.79 Å². The van der Waals surface area contributed by atoms with E-state index >= 15 is 0 Å². The summed E-state index contributed by atoms with van der Waals surface area (Å²) in [6.07, 6.45) is 1.55. The van der Waals surface area contributed by atoms with E-state index < -0.39 is 11.4 Å². The van der Waals surface area contributed by atoms with Crippen LogP contribution in [0.25, 0.3) is 0 Å². The summed E-state index contributed by atoms with van der Waals surface area (Å²) in [4.78, 5) is 13.1. The first-order chi connectivity index (χ1) is 8.07. The summed E-state index contributed by atoms with van der Waals surface area (Å²) in [6, 6.07) is 7.66. The number of hydrogen-bond acceptors (Lipinski definition) is 3. The van der Waals surface area contributed by atoms with Crippen LogP contribution >= 0.6 is 0 Å². The highest BCUT2D eigenvalue weighted by molar-refractivity contribution is 5.78. The molecule has 0 atom stereocenters. The molecule has 0 amide bonds. The van der Waals surface area contributed by atoms with Gasteiger partial charge in [0.25, 0.3) is 0 Å². The van der Waals surface area contributed by atoms with E-state index in [1.807, 2.05) is 36.2 Å². The van der Waals surface area contributed by atoms with Gasteiger partial charge in [0.2, 0.25) is 0 Å². The number of ether oxygens (including phenoxy) is 1. The number of methoxy groups -OCH3 is 1. The summed E-state index contributed by atoms with van der Waals surface area (Å²) in [6.45, 7) is 0.551. The fourth-order valence-electron chi connectivity index (χ4n) is 1.98. The zero-order valence-corrected chi connectivity index (χ0v) is 10.1. The van der Waals surface area contributed by atoms with E-state index in [1.54, 1.807) is 7.11 Å². The van der Waals surface area contributed by atoms with E-state index in [0.29, 0.717) is 6.54 Å². The minimum absolute atomic E-state index is 0.530. The maximum Gasteiger partial charge on any atom is 0.311 e. The summed E-state index contributed by atoms with van der Waals surface area (Å²) in [5, 5.41) is 9.15. The minimum Gasteiger partial charge on any atom is -0.497 e. The molecule has 0 unspecified atom stereocenters. The fourth-order valence-corrected chi connectivity index (χ4v) is 1.98. The average molecular weight is 235 g/mol. The quantitative estimate of drug-likeness (QED) is 0.848. The SMILES string of the molecule is COc1cccc(N(C)CC2(C(=O)O)CC2)c1. The number of carboxylic acids is 1. The van der Waals surface area contributed by atoms with Crippen molar-refractivity contribution < 1.29 is 14.6 Å². The number of nitrogens with zero attached hydrogens (tertiary/aromatic N) is 1. The molecule has 1 fully saturated rings. The zero-order valence-electron chi connectivity index (χ0n) is 10.1. The molecule has 0 bridgehead atoms. The number of benzene rings is 1. The molecule has 0 aromatic heterocycles. The van der Waals surface area contributed by atoms with Crippen molar-refractivity contribution in [2.24, 2.45) is 5.41 Å². The largest absolute Gasteiger partial charge is 0.497 e. The Balaban J connectivity index is 2.09. The summed E-state index contributed by atoms with van der Waals surface area (Å²) in [5.41, 5.74) is 0.453. The maximum atomic E-state index is 11.1. The Kier molecular flexibility index (Phi) is 2.96. The lowest BCUT2D eigenvalue weighted by Crippen LogP contribution is -2.31. The molecule has 1 aromatic rings. The predicted molar refractivity (Wildman–Crippen MR) is 65.6 cm³/mol. The Morgan fingerprint density at radius 2 is 2.24 bits per heavy atom. The molecule has 4 nitrogen and oxygen atoms in total. The van der Waals surface area contributed by atoms with Gasteiger partial charge in [0, 0.05) is 25.3 Å².